The molecule has 1 rings (SSSR count). The van der Waals surface area contributed by atoms with Crippen LogP contribution in [0.1, 0.15) is 28.0 Å². The number of hydrogen-bond acceptors (Lipinski definition) is 2. The third-order valence-electron chi connectivity index (χ3n) is 1.69. The Morgan fingerprint density at radius 1 is 1.57 bits per heavy atom. The Bertz CT molecular complexity index is 428. The molecule has 14 heavy (non-hydrogen) atoms. The highest BCUT2D eigenvalue weighted by atomic mass is 35.5. The molecule has 0 radical (unpaired) electrons. The number of alkyl halides is 2. The van der Waals surface area contributed by atoms with Crippen molar-refractivity contribution < 1.29 is 13.6 Å². The number of halogens is 3. The van der Waals surface area contributed by atoms with E-state index >= 15 is 0 Å². The van der Waals surface area contributed by atoms with Gasteiger partial charge in [-0.1, -0.05) is 0 Å². The van der Waals surface area contributed by atoms with Gasteiger partial charge in [0.15, 0.2) is 0 Å². The zero-order chi connectivity index (χ0) is 10.9. The normalized spacial score (nSPS) is 10.6. The molecular weight excluding hydrogens is 216 g/mol. The minimum Gasteiger partial charge on any atom is -0.320 e. The highest BCUT2D eigenvalue weighted by Gasteiger charge is 2.19. The summed E-state index contributed by atoms with van der Waals surface area (Å²) in [5, 5.41) is -1.01. The summed E-state index contributed by atoms with van der Waals surface area (Å²) in [6, 6.07) is 1.05. The standard InChI is InChI=1S/C8H6ClF2NO2/c1-3-2-4(6(9)13)5(7(10)11)12-8(3)14/h2,7H,1H3,(H,12,14). The van der Waals surface area contributed by atoms with Gasteiger partial charge in [0.2, 0.25) is 0 Å². The van der Waals surface area contributed by atoms with Crippen molar-refractivity contribution in [1.82, 2.24) is 4.98 Å². The number of H-pyrrole nitrogens is 1. The molecule has 0 aliphatic rings. The largest absolute Gasteiger partial charge is 0.320 e. The molecule has 0 saturated heterocycles. The Balaban J connectivity index is 3.47. The summed E-state index contributed by atoms with van der Waals surface area (Å²) in [6.45, 7) is 1.40. The first kappa shape index (κ1) is 10.8. The fraction of sp³-hybridized carbons (Fsp3) is 0.250. The molecule has 0 spiro atoms. The first-order chi connectivity index (χ1) is 6.43. The molecule has 0 unspecified atom stereocenters. The fourth-order valence-electron chi connectivity index (χ4n) is 0.983. The smallest absolute Gasteiger partial charge is 0.279 e. The summed E-state index contributed by atoms with van der Waals surface area (Å²) < 4.78 is 24.6. The van der Waals surface area contributed by atoms with Crippen LogP contribution in [0.25, 0.3) is 0 Å². The summed E-state index contributed by atoms with van der Waals surface area (Å²) >= 11 is 5.08. The van der Waals surface area contributed by atoms with E-state index in [2.05, 4.69) is 0 Å². The van der Waals surface area contributed by atoms with Crippen molar-refractivity contribution in [2.45, 2.75) is 13.3 Å². The lowest BCUT2D eigenvalue weighted by Gasteiger charge is -2.05. The number of aromatic amines is 1. The van der Waals surface area contributed by atoms with E-state index in [0.29, 0.717) is 0 Å². The highest BCUT2D eigenvalue weighted by molar-refractivity contribution is 6.67. The molecule has 0 aromatic carbocycles. The Labute approximate surface area is 82.7 Å². The molecule has 0 aliphatic carbocycles. The van der Waals surface area contributed by atoms with Crippen molar-refractivity contribution in [1.29, 1.82) is 0 Å². The second-order valence-corrected chi connectivity index (χ2v) is 3.03. The fourth-order valence-corrected chi connectivity index (χ4v) is 1.14. The lowest BCUT2D eigenvalue weighted by molar-refractivity contribution is 0.106. The highest BCUT2D eigenvalue weighted by Crippen LogP contribution is 2.21. The minimum atomic E-state index is -2.93. The van der Waals surface area contributed by atoms with Crippen LogP contribution in [-0.4, -0.2) is 10.2 Å². The molecule has 76 valence electrons. The van der Waals surface area contributed by atoms with Crippen molar-refractivity contribution in [3.05, 3.63) is 33.2 Å². The van der Waals surface area contributed by atoms with Crippen LogP contribution in [0.4, 0.5) is 8.78 Å². The summed E-state index contributed by atoms with van der Waals surface area (Å²) in [4.78, 5) is 23.6. The monoisotopic (exact) mass is 221 g/mol. The van der Waals surface area contributed by atoms with E-state index < -0.39 is 22.9 Å². The van der Waals surface area contributed by atoms with E-state index in [1.807, 2.05) is 4.98 Å². The Kier molecular flexibility index (Phi) is 3.00. The van der Waals surface area contributed by atoms with Crippen LogP contribution in [-0.2, 0) is 0 Å². The van der Waals surface area contributed by atoms with Crippen molar-refractivity contribution in [3.63, 3.8) is 0 Å². The summed E-state index contributed by atoms with van der Waals surface area (Å²) in [7, 11) is 0. The molecular formula is C8H6ClF2NO2. The van der Waals surface area contributed by atoms with Gasteiger partial charge in [0, 0.05) is 5.56 Å². The predicted octanol–water partition coefficient (Wildman–Crippen LogP) is 2.00. The van der Waals surface area contributed by atoms with Crippen LogP contribution in [0, 0.1) is 6.92 Å². The first-order valence-electron chi connectivity index (χ1n) is 3.65. The van der Waals surface area contributed by atoms with Crippen molar-refractivity contribution in [2.24, 2.45) is 0 Å². The minimum absolute atomic E-state index is 0.165. The molecule has 1 N–H and O–H groups in total. The molecule has 1 aromatic rings. The Morgan fingerprint density at radius 2 is 2.14 bits per heavy atom. The van der Waals surface area contributed by atoms with Crippen LogP contribution in [0.3, 0.4) is 0 Å². The van der Waals surface area contributed by atoms with Crippen LogP contribution in [0.5, 0.6) is 0 Å². The van der Waals surface area contributed by atoms with E-state index in [1.54, 1.807) is 0 Å². The quantitative estimate of drug-likeness (QED) is 0.777. The SMILES string of the molecule is Cc1cc(C(=O)Cl)c(C(F)F)[nH]c1=O. The van der Waals surface area contributed by atoms with Crippen LogP contribution in [0.2, 0.25) is 0 Å². The van der Waals surface area contributed by atoms with Gasteiger partial charge in [-0.05, 0) is 24.6 Å². The zero-order valence-electron chi connectivity index (χ0n) is 7.11. The topological polar surface area (TPSA) is 49.9 Å². The van der Waals surface area contributed by atoms with Crippen molar-refractivity contribution in [3.8, 4) is 0 Å². The Hall–Kier alpha value is -1.23. The third kappa shape index (κ3) is 1.98. The molecule has 0 atom stereocenters. The molecule has 0 amide bonds. The number of carbonyl (C=O) groups excluding carboxylic acids is 1. The maximum absolute atomic E-state index is 12.3. The lowest BCUT2D eigenvalue weighted by Crippen LogP contribution is -2.16. The van der Waals surface area contributed by atoms with E-state index in [-0.39, 0.29) is 11.1 Å². The van der Waals surface area contributed by atoms with Crippen molar-refractivity contribution in [2.75, 3.05) is 0 Å². The number of aryl methyl sites for hydroxylation is 1. The predicted molar refractivity (Wildman–Crippen MR) is 46.9 cm³/mol. The van der Waals surface area contributed by atoms with Gasteiger partial charge in [0.25, 0.3) is 17.2 Å². The molecule has 0 fully saturated rings. The molecule has 0 bridgehead atoms. The summed E-state index contributed by atoms with van der Waals surface area (Å²) in [5.74, 6) is 0. The van der Waals surface area contributed by atoms with E-state index in [0.717, 1.165) is 6.07 Å². The number of nitrogens with one attached hydrogen (secondary N) is 1. The molecule has 0 aliphatic heterocycles. The number of pyridine rings is 1. The van der Waals surface area contributed by atoms with Gasteiger partial charge in [-0.2, -0.15) is 0 Å². The van der Waals surface area contributed by atoms with Gasteiger partial charge in [-0.15, -0.1) is 0 Å². The average Bonchev–Trinajstić information content (AvgIpc) is 2.08. The first-order valence-corrected chi connectivity index (χ1v) is 4.03. The van der Waals surface area contributed by atoms with Gasteiger partial charge in [-0.3, -0.25) is 9.59 Å². The number of rotatable bonds is 2. The molecule has 1 aromatic heterocycles. The lowest BCUT2D eigenvalue weighted by atomic mass is 10.1. The molecule has 1 heterocycles. The van der Waals surface area contributed by atoms with E-state index in [9.17, 15) is 18.4 Å². The maximum Gasteiger partial charge on any atom is 0.279 e. The summed E-state index contributed by atoms with van der Waals surface area (Å²) in [5.41, 5.74) is -1.58. The second-order valence-electron chi connectivity index (χ2n) is 2.68. The van der Waals surface area contributed by atoms with Gasteiger partial charge < -0.3 is 4.98 Å². The Morgan fingerprint density at radius 3 is 2.57 bits per heavy atom. The molecule has 6 heteroatoms. The van der Waals surface area contributed by atoms with Gasteiger partial charge in [0.05, 0.1) is 11.3 Å². The number of aromatic nitrogens is 1. The van der Waals surface area contributed by atoms with E-state index in [4.69, 9.17) is 11.6 Å². The van der Waals surface area contributed by atoms with Crippen LogP contribution < -0.4 is 5.56 Å². The van der Waals surface area contributed by atoms with Crippen LogP contribution >= 0.6 is 11.6 Å². The van der Waals surface area contributed by atoms with Gasteiger partial charge in [-0.25, -0.2) is 8.78 Å². The van der Waals surface area contributed by atoms with Gasteiger partial charge in [0.1, 0.15) is 0 Å². The zero-order valence-corrected chi connectivity index (χ0v) is 7.86. The van der Waals surface area contributed by atoms with Crippen LogP contribution in [0.15, 0.2) is 10.9 Å². The maximum atomic E-state index is 12.3. The molecule has 3 nitrogen and oxygen atoms in total. The molecule has 0 saturated carbocycles. The van der Waals surface area contributed by atoms with Crippen molar-refractivity contribution >= 4 is 16.8 Å². The van der Waals surface area contributed by atoms with Gasteiger partial charge >= 0.3 is 0 Å². The summed E-state index contributed by atoms with van der Waals surface area (Å²) in [6.07, 6.45) is -2.93. The number of hydrogen-bond donors (Lipinski definition) is 1. The average molecular weight is 222 g/mol. The van der Waals surface area contributed by atoms with E-state index in [1.165, 1.54) is 6.92 Å². The number of carbonyl (C=O) groups is 1. The second kappa shape index (κ2) is 3.88. The third-order valence-corrected chi connectivity index (χ3v) is 1.89.